The lowest BCUT2D eigenvalue weighted by Gasteiger charge is -2.35. The van der Waals surface area contributed by atoms with Crippen molar-refractivity contribution in [3.8, 4) is 0 Å². The van der Waals surface area contributed by atoms with Crippen LogP contribution in [0.1, 0.15) is 24.2 Å². The highest BCUT2D eigenvalue weighted by atomic mass is 32.2. The number of carbonyl (C=O) groups is 2. The molecule has 2 amide bonds. The second kappa shape index (κ2) is 8.60. The van der Waals surface area contributed by atoms with Gasteiger partial charge in [-0.2, -0.15) is 0 Å². The van der Waals surface area contributed by atoms with E-state index in [9.17, 15) is 18.0 Å². The van der Waals surface area contributed by atoms with Gasteiger partial charge < -0.3 is 9.80 Å². The van der Waals surface area contributed by atoms with Gasteiger partial charge in [-0.3, -0.25) is 19.3 Å². The molecule has 0 unspecified atom stereocenters. The Morgan fingerprint density at radius 3 is 2.03 bits per heavy atom. The first-order chi connectivity index (χ1) is 13.8. The second-order valence-electron chi connectivity index (χ2n) is 7.14. The third-order valence-corrected chi connectivity index (χ3v) is 6.11. The van der Waals surface area contributed by atoms with E-state index >= 15 is 0 Å². The number of aromatic nitrogens is 1. The number of sulfonamides is 1. The number of hydrogen-bond donors (Lipinski definition) is 1. The van der Waals surface area contributed by atoms with E-state index in [1.54, 1.807) is 21.9 Å². The molecule has 1 aliphatic rings. The van der Waals surface area contributed by atoms with E-state index in [0.29, 0.717) is 37.4 Å². The van der Waals surface area contributed by atoms with Crippen LogP contribution in [0.25, 0.3) is 0 Å². The maximum atomic E-state index is 12.7. The molecule has 1 N–H and O–H groups in total. The predicted molar refractivity (Wildman–Crippen MR) is 109 cm³/mol. The molecular formula is C20H24N4O4S. The number of amides is 2. The monoisotopic (exact) mass is 416 g/mol. The number of hydrogen-bond acceptors (Lipinski definition) is 5. The molecular weight excluding hydrogens is 392 g/mol. The average molecular weight is 417 g/mol. The van der Waals surface area contributed by atoms with E-state index in [1.807, 2.05) is 13.8 Å². The van der Waals surface area contributed by atoms with Crippen molar-refractivity contribution in [3.63, 3.8) is 0 Å². The summed E-state index contributed by atoms with van der Waals surface area (Å²) in [4.78, 5) is 32.1. The zero-order valence-electron chi connectivity index (χ0n) is 16.4. The van der Waals surface area contributed by atoms with Crippen molar-refractivity contribution in [1.29, 1.82) is 0 Å². The summed E-state index contributed by atoms with van der Waals surface area (Å²) in [6.07, 6.45) is 2.99. The fourth-order valence-corrected chi connectivity index (χ4v) is 4.15. The van der Waals surface area contributed by atoms with Crippen LogP contribution in [0.3, 0.4) is 0 Å². The Morgan fingerprint density at radius 2 is 1.48 bits per heavy atom. The number of nitrogens with zero attached hydrogens (tertiary/aromatic N) is 3. The maximum absolute atomic E-state index is 12.7. The number of benzene rings is 1. The highest BCUT2D eigenvalue weighted by Crippen LogP contribution is 2.17. The maximum Gasteiger partial charge on any atom is 0.261 e. The van der Waals surface area contributed by atoms with Crippen LogP contribution in [-0.4, -0.2) is 61.2 Å². The number of nitrogens with one attached hydrogen (secondary N) is 1. The van der Waals surface area contributed by atoms with E-state index in [0.717, 1.165) is 0 Å². The molecule has 0 spiro atoms. The molecule has 1 saturated heterocycles. The van der Waals surface area contributed by atoms with Gasteiger partial charge in [0.1, 0.15) is 0 Å². The van der Waals surface area contributed by atoms with Gasteiger partial charge in [0.15, 0.2) is 0 Å². The minimum Gasteiger partial charge on any atom is -0.339 e. The molecule has 9 heteroatoms. The van der Waals surface area contributed by atoms with Crippen LogP contribution in [0.5, 0.6) is 0 Å². The van der Waals surface area contributed by atoms with Gasteiger partial charge in [0.2, 0.25) is 5.91 Å². The number of piperazine rings is 1. The Balaban J connectivity index is 1.64. The van der Waals surface area contributed by atoms with Gasteiger partial charge in [0.25, 0.3) is 15.9 Å². The minimum atomic E-state index is -3.75. The van der Waals surface area contributed by atoms with Gasteiger partial charge in [0.05, 0.1) is 10.6 Å². The summed E-state index contributed by atoms with van der Waals surface area (Å²) in [5.74, 6) is -0.145. The SMILES string of the molecule is CC(C)C(=O)N1CCN(C(=O)c2ccc(S(=O)(=O)Nc3ccncc3)cc2)CC1. The van der Waals surface area contributed by atoms with Crippen molar-refractivity contribution in [3.05, 3.63) is 54.4 Å². The zero-order valence-corrected chi connectivity index (χ0v) is 17.2. The topological polar surface area (TPSA) is 99.7 Å². The van der Waals surface area contributed by atoms with Crippen LogP contribution in [-0.2, 0) is 14.8 Å². The summed E-state index contributed by atoms with van der Waals surface area (Å²) in [6.45, 7) is 5.65. The van der Waals surface area contributed by atoms with Gasteiger partial charge in [-0.15, -0.1) is 0 Å². The lowest BCUT2D eigenvalue weighted by molar-refractivity contribution is -0.135. The molecule has 2 aromatic rings. The first-order valence-corrected chi connectivity index (χ1v) is 10.9. The molecule has 2 heterocycles. The lowest BCUT2D eigenvalue weighted by atomic mass is 10.1. The molecule has 0 aliphatic carbocycles. The van der Waals surface area contributed by atoms with Crippen LogP contribution in [0.2, 0.25) is 0 Å². The smallest absolute Gasteiger partial charge is 0.261 e. The minimum absolute atomic E-state index is 0.0625. The van der Waals surface area contributed by atoms with Crippen molar-refractivity contribution < 1.29 is 18.0 Å². The Labute approximate surface area is 170 Å². The second-order valence-corrected chi connectivity index (χ2v) is 8.82. The molecule has 0 radical (unpaired) electrons. The van der Waals surface area contributed by atoms with Crippen LogP contribution in [0.4, 0.5) is 5.69 Å². The van der Waals surface area contributed by atoms with Gasteiger partial charge >= 0.3 is 0 Å². The van der Waals surface area contributed by atoms with Gasteiger partial charge in [-0.25, -0.2) is 8.42 Å². The normalized spacial score (nSPS) is 14.7. The van der Waals surface area contributed by atoms with E-state index < -0.39 is 10.0 Å². The molecule has 0 atom stereocenters. The molecule has 29 heavy (non-hydrogen) atoms. The zero-order chi connectivity index (χ0) is 21.0. The Hall–Kier alpha value is -2.94. The van der Waals surface area contributed by atoms with E-state index in [1.165, 1.54) is 36.7 Å². The third kappa shape index (κ3) is 4.92. The Kier molecular flexibility index (Phi) is 6.17. The third-order valence-electron chi connectivity index (χ3n) is 4.72. The summed E-state index contributed by atoms with van der Waals surface area (Å²) in [7, 11) is -3.75. The number of rotatable bonds is 5. The van der Waals surface area contributed by atoms with Gasteiger partial charge in [-0.1, -0.05) is 13.8 Å². The molecule has 0 saturated carbocycles. The molecule has 1 aromatic carbocycles. The fraction of sp³-hybridized carbons (Fsp3) is 0.350. The average Bonchev–Trinajstić information content (AvgIpc) is 2.73. The van der Waals surface area contributed by atoms with Gasteiger partial charge in [-0.05, 0) is 36.4 Å². The van der Waals surface area contributed by atoms with E-state index in [-0.39, 0.29) is 22.6 Å². The first kappa shape index (κ1) is 20.8. The molecule has 8 nitrogen and oxygen atoms in total. The standard InChI is InChI=1S/C20H24N4O4S/c1-15(2)19(25)23-11-13-24(14-12-23)20(26)16-3-5-18(6-4-16)29(27,28)22-17-7-9-21-10-8-17/h3-10,15H,11-14H2,1-2H3,(H,21,22). The highest BCUT2D eigenvalue weighted by molar-refractivity contribution is 7.92. The van der Waals surface area contributed by atoms with Crippen molar-refractivity contribution in [2.75, 3.05) is 30.9 Å². The van der Waals surface area contributed by atoms with Crippen molar-refractivity contribution in [2.24, 2.45) is 5.92 Å². The molecule has 1 aliphatic heterocycles. The molecule has 3 rings (SSSR count). The summed E-state index contributed by atoms with van der Waals surface area (Å²) >= 11 is 0. The predicted octanol–water partition coefficient (Wildman–Crippen LogP) is 1.82. The molecule has 154 valence electrons. The fourth-order valence-electron chi connectivity index (χ4n) is 3.09. The summed E-state index contributed by atoms with van der Waals surface area (Å²) in [6, 6.07) is 8.95. The van der Waals surface area contributed by atoms with Crippen molar-refractivity contribution in [1.82, 2.24) is 14.8 Å². The summed E-state index contributed by atoms with van der Waals surface area (Å²) < 4.78 is 27.4. The van der Waals surface area contributed by atoms with Crippen LogP contribution in [0, 0.1) is 5.92 Å². The Bertz CT molecular complexity index is 967. The van der Waals surface area contributed by atoms with E-state index in [2.05, 4.69) is 9.71 Å². The van der Waals surface area contributed by atoms with Crippen LogP contribution >= 0.6 is 0 Å². The quantitative estimate of drug-likeness (QED) is 0.802. The molecule has 1 fully saturated rings. The van der Waals surface area contributed by atoms with Crippen molar-refractivity contribution >= 4 is 27.5 Å². The number of anilines is 1. The van der Waals surface area contributed by atoms with E-state index in [4.69, 9.17) is 0 Å². The molecule has 0 bridgehead atoms. The highest BCUT2D eigenvalue weighted by Gasteiger charge is 2.26. The van der Waals surface area contributed by atoms with Crippen molar-refractivity contribution in [2.45, 2.75) is 18.7 Å². The Morgan fingerprint density at radius 1 is 0.931 bits per heavy atom. The van der Waals surface area contributed by atoms with Crippen LogP contribution < -0.4 is 4.72 Å². The number of pyridine rings is 1. The first-order valence-electron chi connectivity index (χ1n) is 9.39. The summed E-state index contributed by atoms with van der Waals surface area (Å²) in [5.41, 5.74) is 0.825. The lowest BCUT2D eigenvalue weighted by Crippen LogP contribution is -2.51. The summed E-state index contributed by atoms with van der Waals surface area (Å²) in [5, 5.41) is 0. The molecule has 1 aromatic heterocycles. The number of carbonyl (C=O) groups excluding carboxylic acids is 2. The van der Waals surface area contributed by atoms with Gasteiger partial charge in [0, 0.05) is 50.1 Å². The largest absolute Gasteiger partial charge is 0.339 e. The van der Waals surface area contributed by atoms with Crippen LogP contribution in [0.15, 0.2) is 53.7 Å².